The molecule has 3 rings (SSSR count). The van der Waals surface area contributed by atoms with E-state index in [1.54, 1.807) is 6.07 Å². The molecule has 0 bridgehead atoms. The summed E-state index contributed by atoms with van der Waals surface area (Å²) in [7, 11) is 3.94. The number of nitrogens with one attached hydrogen (secondary N) is 1. The molecule has 1 N–H and O–H groups in total. The van der Waals surface area contributed by atoms with E-state index in [0.29, 0.717) is 17.3 Å². The molecule has 0 saturated heterocycles. The summed E-state index contributed by atoms with van der Waals surface area (Å²) in [6.45, 7) is 4.54. The van der Waals surface area contributed by atoms with Crippen LogP contribution in [0.3, 0.4) is 0 Å². The highest BCUT2D eigenvalue weighted by atomic mass is 35.5. The zero-order chi connectivity index (χ0) is 20.3. The normalized spacial score (nSPS) is 12.2. The predicted molar refractivity (Wildman–Crippen MR) is 112 cm³/mol. The Morgan fingerprint density at radius 3 is 2.46 bits per heavy atom. The lowest BCUT2D eigenvalue weighted by molar-refractivity contribution is 0.0933. The summed E-state index contributed by atoms with van der Waals surface area (Å²) in [5, 5.41) is 7.56. The van der Waals surface area contributed by atoms with Crippen LogP contribution in [0.2, 0.25) is 5.02 Å². The van der Waals surface area contributed by atoms with Crippen molar-refractivity contribution in [1.82, 2.24) is 15.4 Å². The molecule has 6 heteroatoms. The fourth-order valence-electron chi connectivity index (χ4n) is 2.98. The second-order valence-electron chi connectivity index (χ2n) is 7.12. The third kappa shape index (κ3) is 4.61. The van der Waals surface area contributed by atoms with Gasteiger partial charge in [-0.15, -0.1) is 0 Å². The van der Waals surface area contributed by atoms with Crippen LogP contribution < -0.4 is 5.32 Å². The van der Waals surface area contributed by atoms with E-state index in [2.05, 4.69) is 17.4 Å². The van der Waals surface area contributed by atoms with Crippen LogP contribution in [-0.2, 0) is 0 Å². The zero-order valence-corrected chi connectivity index (χ0v) is 17.2. The van der Waals surface area contributed by atoms with Crippen LogP contribution >= 0.6 is 11.6 Å². The molecule has 0 unspecified atom stereocenters. The van der Waals surface area contributed by atoms with Crippen LogP contribution in [0.1, 0.15) is 33.2 Å². The lowest BCUT2D eigenvalue weighted by atomic mass is 10.0. The van der Waals surface area contributed by atoms with E-state index in [-0.39, 0.29) is 17.6 Å². The van der Waals surface area contributed by atoms with E-state index in [4.69, 9.17) is 16.1 Å². The van der Waals surface area contributed by atoms with Crippen LogP contribution in [0, 0.1) is 13.8 Å². The smallest absolute Gasteiger partial charge is 0.273 e. The number of carbonyl (C=O) groups excluding carboxylic acids is 1. The van der Waals surface area contributed by atoms with Crippen molar-refractivity contribution in [2.45, 2.75) is 19.9 Å². The SMILES string of the molecule is Cc1ccc(-c2cc(C(=O)NC[C@@H](c3ccc(Cl)cc3)N(C)C)no2)cc1C. The van der Waals surface area contributed by atoms with Crippen molar-refractivity contribution in [1.29, 1.82) is 0 Å². The van der Waals surface area contributed by atoms with Crippen LogP contribution in [0.25, 0.3) is 11.3 Å². The Balaban J connectivity index is 1.69. The predicted octanol–water partition coefficient (Wildman–Crippen LogP) is 4.64. The van der Waals surface area contributed by atoms with Gasteiger partial charge >= 0.3 is 0 Å². The molecule has 1 aromatic heterocycles. The zero-order valence-electron chi connectivity index (χ0n) is 16.5. The quantitative estimate of drug-likeness (QED) is 0.658. The third-order valence-electron chi connectivity index (χ3n) is 4.87. The van der Waals surface area contributed by atoms with Gasteiger partial charge in [-0.1, -0.05) is 41.0 Å². The molecule has 0 aliphatic rings. The van der Waals surface area contributed by atoms with Crippen LogP contribution in [-0.4, -0.2) is 36.6 Å². The van der Waals surface area contributed by atoms with Crippen LogP contribution in [0.5, 0.6) is 0 Å². The monoisotopic (exact) mass is 397 g/mol. The fourth-order valence-corrected chi connectivity index (χ4v) is 3.10. The van der Waals surface area contributed by atoms with Gasteiger partial charge < -0.3 is 14.7 Å². The number of rotatable bonds is 6. The van der Waals surface area contributed by atoms with Crippen molar-refractivity contribution in [3.05, 3.63) is 75.9 Å². The highest BCUT2D eigenvalue weighted by Crippen LogP contribution is 2.23. The van der Waals surface area contributed by atoms with E-state index in [9.17, 15) is 4.79 Å². The molecule has 1 atom stereocenters. The Morgan fingerprint density at radius 1 is 1.11 bits per heavy atom. The van der Waals surface area contributed by atoms with E-state index in [0.717, 1.165) is 16.7 Å². The summed E-state index contributed by atoms with van der Waals surface area (Å²) in [6.07, 6.45) is 0. The first-order valence-electron chi connectivity index (χ1n) is 9.09. The standard InChI is InChI=1S/C22H24ClN3O2/c1-14-5-6-17(11-15(14)2)21-12-19(25-28-21)22(27)24-13-20(26(3)4)16-7-9-18(23)10-8-16/h5-12,20H,13H2,1-4H3,(H,24,27)/t20-/m0/s1. The highest BCUT2D eigenvalue weighted by molar-refractivity contribution is 6.30. The molecular weight excluding hydrogens is 374 g/mol. The minimum atomic E-state index is -0.264. The Kier molecular flexibility index (Phi) is 6.17. The summed E-state index contributed by atoms with van der Waals surface area (Å²) in [5.41, 5.74) is 4.62. The van der Waals surface area contributed by atoms with Crippen LogP contribution in [0.4, 0.5) is 0 Å². The van der Waals surface area contributed by atoms with Gasteiger partial charge in [-0.25, -0.2) is 0 Å². The first kappa shape index (κ1) is 20.1. The van der Waals surface area contributed by atoms with Crippen molar-refractivity contribution in [3.63, 3.8) is 0 Å². The lowest BCUT2D eigenvalue weighted by Gasteiger charge is -2.25. The Hall–Kier alpha value is -2.63. The Bertz CT molecular complexity index is 964. The molecule has 28 heavy (non-hydrogen) atoms. The molecule has 0 radical (unpaired) electrons. The number of amides is 1. The second kappa shape index (κ2) is 8.59. The average Bonchev–Trinajstić information content (AvgIpc) is 3.15. The molecule has 3 aromatic rings. The summed E-state index contributed by atoms with van der Waals surface area (Å²) in [6, 6.07) is 15.3. The van der Waals surface area contributed by atoms with Gasteiger partial charge in [0.1, 0.15) is 0 Å². The molecule has 0 aliphatic heterocycles. The van der Waals surface area contributed by atoms with Crippen LogP contribution in [0.15, 0.2) is 53.1 Å². The topological polar surface area (TPSA) is 58.4 Å². The Morgan fingerprint density at radius 2 is 1.82 bits per heavy atom. The number of carbonyl (C=O) groups is 1. The van der Waals surface area contributed by atoms with Crippen molar-refractivity contribution < 1.29 is 9.32 Å². The first-order valence-corrected chi connectivity index (χ1v) is 9.47. The van der Waals surface area contributed by atoms with E-state index < -0.39 is 0 Å². The van der Waals surface area contributed by atoms with E-state index >= 15 is 0 Å². The van der Waals surface area contributed by atoms with Gasteiger partial charge in [0.2, 0.25) is 0 Å². The molecule has 2 aromatic carbocycles. The Labute approximate surface area is 170 Å². The number of halogens is 1. The van der Waals surface area contributed by atoms with Crippen molar-refractivity contribution in [2.24, 2.45) is 0 Å². The van der Waals surface area contributed by atoms with Gasteiger partial charge in [-0.2, -0.15) is 0 Å². The number of benzene rings is 2. The maximum atomic E-state index is 12.5. The number of likely N-dealkylation sites (N-methyl/N-ethyl adjacent to an activating group) is 1. The molecule has 0 spiro atoms. The average molecular weight is 398 g/mol. The van der Waals surface area contributed by atoms with E-state index in [1.165, 1.54) is 5.56 Å². The summed E-state index contributed by atoms with van der Waals surface area (Å²) in [4.78, 5) is 14.6. The minimum absolute atomic E-state index is 0.0207. The molecule has 1 amide bonds. The molecule has 0 aliphatic carbocycles. The van der Waals surface area contributed by atoms with Gasteiger partial charge in [-0.3, -0.25) is 4.79 Å². The number of aromatic nitrogens is 1. The number of aryl methyl sites for hydroxylation is 2. The fraction of sp³-hybridized carbons (Fsp3) is 0.273. The molecular formula is C22H24ClN3O2. The van der Waals surface area contributed by atoms with Gasteiger partial charge in [0.05, 0.1) is 6.04 Å². The third-order valence-corrected chi connectivity index (χ3v) is 5.12. The molecule has 146 valence electrons. The number of hydrogen-bond acceptors (Lipinski definition) is 4. The second-order valence-corrected chi connectivity index (χ2v) is 7.55. The maximum absolute atomic E-state index is 12.5. The van der Waals surface area contributed by atoms with Gasteiger partial charge in [-0.05, 0) is 62.8 Å². The number of nitrogens with zero attached hydrogens (tertiary/aromatic N) is 2. The lowest BCUT2D eigenvalue weighted by Crippen LogP contribution is -2.34. The van der Waals surface area contributed by atoms with Gasteiger partial charge in [0.25, 0.3) is 5.91 Å². The maximum Gasteiger partial charge on any atom is 0.273 e. The van der Waals surface area contributed by atoms with E-state index in [1.807, 2.05) is 68.4 Å². The highest BCUT2D eigenvalue weighted by Gasteiger charge is 2.18. The number of hydrogen-bond donors (Lipinski definition) is 1. The van der Waals surface area contributed by atoms with Gasteiger partial charge in [0.15, 0.2) is 11.5 Å². The summed E-state index contributed by atoms with van der Waals surface area (Å²) >= 11 is 5.97. The molecule has 0 fully saturated rings. The van der Waals surface area contributed by atoms with Crippen molar-refractivity contribution in [2.75, 3.05) is 20.6 Å². The molecule has 5 nitrogen and oxygen atoms in total. The van der Waals surface area contributed by atoms with Gasteiger partial charge in [0, 0.05) is 23.2 Å². The first-order chi connectivity index (χ1) is 13.3. The molecule has 1 heterocycles. The largest absolute Gasteiger partial charge is 0.355 e. The summed E-state index contributed by atoms with van der Waals surface area (Å²) < 4.78 is 5.38. The van der Waals surface area contributed by atoms with Crippen molar-refractivity contribution in [3.8, 4) is 11.3 Å². The molecule has 0 saturated carbocycles. The minimum Gasteiger partial charge on any atom is -0.355 e. The van der Waals surface area contributed by atoms with Crippen molar-refractivity contribution >= 4 is 17.5 Å². The summed E-state index contributed by atoms with van der Waals surface area (Å²) in [5.74, 6) is 0.315.